The monoisotopic (exact) mass is 294 g/mol. The fraction of sp³-hybridized carbons (Fsp3) is 0.143. The minimum atomic E-state index is -0.444. The molecule has 0 unspecified atom stereocenters. The van der Waals surface area contributed by atoms with Crippen LogP contribution in [0.1, 0.15) is 11.1 Å². The number of non-ortho nitro benzene ring substituents is 1. The van der Waals surface area contributed by atoms with Gasteiger partial charge in [-0.05, 0) is 11.6 Å². The first-order valence-corrected chi connectivity index (χ1v) is 6.32. The molecule has 1 N–H and O–H groups in total. The van der Waals surface area contributed by atoms with Crippen molar-refractivity contribution in [3.05, 3.63) is 74.5 Å². The van der Waals surface area contributed by atoms with E-state index in [4.69, 9.17) is 11.6 Å². The van der Waals surface area contributed by atoms with Crippen molar-refractivity contribution in [2.75, 3.05) is 0 Å². The van der Waals surface area contributed by atoms with Gasteiger partial charge in [0.1, 0.15) is 5.82 Å². The van der Waals surface area contributed by atoms with Crippen LogP contribution < -0.4 is 5.32 Å². The molecule has 0 spiro atoms. The van der Waals surface area contributed by atoms with Gasteiger partial charge in [-0.15, -0.1) is 0 Å². The normalized spacial score (nSPS) is 10.5. The summed E-state index contributed by atoms with van der Waals surface area (Å²) in [7, 11) is 0. The van der Waals surface area contributed by atoms with E-state index >= 15 is 0 Å². The molecule has 0 radical (unpaired) electrons. The molecule has 2 aromatic rings. The highest BCUT2D eigenvalue weighted by molar-refractivity contribution is 6.30. The third kappa shape index (κ3) is 3.53. The van der Waals surface area contributed by atoms with E-state index in [9.17, 15) is 14.5 Å². The van der Waals surface area contributed by atoms with Crippen molar-refractivity contribution in [2.45, 2.75) is 13.1 Å². The third-order valence-electron chi connectivity index (χ3n) is 2.80. The Balaban J connectivity index is 1.98. The van der Waals surface area contributed by atoms with Gasteiger partial charge < -0.3 is 5.32 Å². The van der Waals surface area contributed by atoms with Crippen molar-refractivity contribution >= 4 is 17.3 Å². The molecule has 4 nitrogen and oxygen atoms in total. The lowest BCUT2D eigenvalue weighted by atomic mass is 10.2. The van der Waals surface area contributed by atoms with Crippen LogP contribution in [0, 0.1) is 15.9 Å². The summed E-state index contributed by atoms with van der Waals surface area (Å²) in [6.07, 6.45) is 0. The van der Waals surface area contributed by atoms with E-state index in [0.29, 0.717) is 18.7 Å². The first-order valence-electron chi connectivity index (χ1n) is 5.95. The van der Waals surface area contributed by atoms with E-state index in [1.807, 2.05) is 0 Å². The summed E-state index contributed by atoms with van der Waals surface area (Å²) in [6.45, 7) is 0.711. The number of benzene rings is 2. The lowest BCUT2D eigenvalue weighted by Crippen LogP contribution is -2.13. The van der Waals surface area contributed by atoms with Gasteiger partial charge in [0.05, 0.1) is 9.95 Å². The quantitative estimate of drug-likeness (QED) is 0.676. The standard InChI is InChI=1S/C14H12ClFN2O2/c15-13-6-2-4-11(14(13)16)9-17-8-10-3-1-5-12(7-10)18(19)20/h1-7,17H,8-9H2. The minimum Gasteiger partial charge on any atom is -0.309 e. The molecule has 2 rings (SSSR count). The van der Waals surface area contributed by atoms with Crippen molar-refractivity contribution in [1.29, 1.82) is 0 Å². The van der Waals surface area contributed by atoms with Crippen molar-refractivity contribution < 1.29 is 9.31 Å². The van der Waals surface area contributed by atoms with Gasteiger partial charge in [0, 0.05) is 30.8 Å². The van der Waals surface area contributed by atoms with Crippen LogP contribution in [0.2, 0.25) is 5.02 Å². The zero-order valence-electron chi connectivity index (χ0n) is 10.5. The molecule has 0 aliphatic carbocycles. The van der Waals surface area contributed by atoms with Gasteiger partial charge in [0.25, 0.3) is 5.69 Å². The van der Waals surface area contributed by atoms with Crippen LogP contribution in [0.4, 0.5) is 10.1 Å². The second-order valence-corrected chi connectivity index (χ2v) is 4.65. The van der Waals surface area contributed by atoms with Crippen LogP contribution in [-0.4, -0.2) is 4.92 Å². The molecule has 6 heteroatoms. The Labute approximate surface area is 120 Å². The van der Waals surface area contributed by atoms with Crippen molar-refractivity contribution in [2.24, 2.45) is 0 Å². The fourth-order valence-electron chi connectivity index (χ4n) is 1.81. The topological polar surface area (TPSA) is 55.2 Å². The zero-order valence-corrected chi connectivity index (χ0v) is 11.2. The predicted molar refractivity (Wildman–Crippen MR) is 75.1 cm³/mol. The summed E-state index contributed by atoms with van der Waals surface area (Å²) in [5.41, 5.74) is 1.27. The average molecular weight is 295 g/mol. The Morgan fingerprint density at radius 1 is 1.20 bits per heavy atom. The molecule has 0 saturated heterocycles. The molecular weight excluding hydrogens is 283 g/mol. The van der Waals surface area contributed by atoms with E-state index < -0.39 is 10.7 Å². The number of hydrogen-bond donors (Lipinski definition) is 1. The molecule has 0 fully saturated rings. The van der Waals surface area contributed by atoms with Crippen LogP contribution in [0.3, 0.4) is 0 Å². The first-order chi connectivity index (χ1) is 9.58. The maximum absolute atomic E-state index is 13.6. The van der Waals surface area contributed by atoms with E-state index in [2.05, 4.69) is 5.32 Å². The van der Waals surface area contributed by atoms with Crippen molar-refractivity contribution in [3.63, 3.8) is 0 Å². The summed E-state index contributed by atoms with van der Waals surface area (Å²) < 4.78 is 13.6. The molecule has 0 aliphatic heterocycles. The molecule has 2 aromatic carbocycles. The Kier molecular flexibility index (Phi) is 4.65. The molecule has 0 saturated carbocycles. The highest BCUT2D eigenvalue weighted by atomic mass is 35.5. The molecule has 0 bridgehead atoms. The lowest BCUT2D eigenvalue weighted by molar-refractivity contribution is -0.384. The molecule has 0 aromatic heterocycles. The van der Waals surface area contributed by atoms with Crippen LogP contribution in [0.15, 0.2) is 42.5 Å². The maximum Gasteiger partial charge on any atom is 0.269 e. The Morgan fingerprint density at radius 3 is 2.70 bits per heavy atom. The van der Waals surface area contributed by atoms with Crippen LogP contribution in [0.5, 0.6) is 0 Å². The van der Waals surface area contributed by atoms with E-state index in [0.717, 1.165) is 5.56 Å². The number of halogens is 2. The molecule has 104 valence electrons. The second-order valence-electron chi connectivity index (χ2n) is 4.24. The number of rotatable bonds is 5. The Hall–Kier alpha value is -1.98. The highest BCUT2D eigenvalue weighted by Crippen LogP contribution is 2.18. The second kappa shape index (κ2) is 6.45. The zero-order chi connectivity index (χ0) is 14.5. The summed E-state index contributed by atoms with van der Waals surface area (Å²) in [4.78, 5) is 10.2. The highest BCUT2D eigenvalue weighted by Gasteiger charge is 2.07. The van der Waals surface area contributed by atoms with Gasteiger partial charge in [-0.25, -0.2) is 4.39 Å². The van der Waals surface area contributed by atoms with Gasteiger partial charge in [0.2, 0.25) is 0 Å². The number of nitro groups is 1. The van der Waals surface area contributed by atoms with E-state index in [1.165, 1.54) is 18.2 Å². The molecule has 20 heavy (non-hydrogen) atoms. The average Bonchev–Trinajstić information content (AvgIpc) is 2.44. The smallest absolute Gasteiger partial charge is 0.269 e. The van der Waals surface area contributed by atoms with Crippen LogP contribution in [-0.2, 0) is 13.1 Å². The van der Waals surface area contributed by atoms with Crippen molar-refractivity contribution in [1.82, 2.24) is 5.32 Å². The minimum absolute atomic E-state index is 0.0400. The number of nitrogens with zero attached hydrogens (tertiary/aromatic N) is 1. The van der Waals surface area contributed by atoms with Crippen molar-refractivity contribution in [3.8, 4) is 0 Å². The maximum atomic E-state index is 13.6. The molecule has 0 aliphatic rings. The fourth-order valence-corrected chi connectivity index (χ4v) is 2.00. The number of nitro benzene ring substituents is 1. The Morgan fingerprint density at radius 2 is 1.95 bits per heavy atom. The molecule has 0 heterocycles. The Bertz CT molecular complexity index is 634. The largest absolute Gasteiger partial charge is 0.309 e. The SMILES string of the molecule is O=[N+]([O-])c1cccc(CNCc2cccc(Cl)c2F)c1. The first kappa shape index (κ1) is 14.4. The van der Waals surface area contributed by atoms with Crippen LogP contribution in [0.25, 0.3) is 0 Å². The van der Waals surface area contributed by atoms with Gasteiger partial charge >= 0.3 is 0 Å². The van der Waals surface area contributed by atoms with Gasteiger partial charge in [-0.2, -0.15) is 0 Å². The van der Waals surface area contributed by atoms with Gasteiger partial charge in [0.15, 0.2) is 0 Å². The predicted octanol–water partition coefficient (Wildman–Crippen LogP) is 3.68. The summed E-state index contributed by atoms with van der Waals surface area (Å²) in [5, 5.41) is 13.8. The van der Waals surface area contributed by atoms with E-state index in [1.54, 1.807) is 24.3 Å². The summed E-state index contributed by atoms with van der Waals surface area (Å²) in [5.74, 6) is -0.444. The summed E-state index contributed by atoms with van der Waals surface area (Å²) >= 11 is 5.69. The van der Waals surface area contributed by atoms with Crippen LogP contribution >= 0.6 is 11.6 Å². The molecular formula is C14H12ClFN2O2. The van der Waals surface area contributed by atoms with Gasteiger partial charge in [-0.3, -0.25) is 10.1 Å². The third-order valence-corrected chi connectivity index (χ3v) is 3.09. The lowest BCUT2D eigenvalue weighted by Gasteiger charge is -2.07. The van der Waals surface area contributed by atoms with E-state index in [-0.39, 0.29) is 10.7 Å². The van der Waals surface area contributed by atoms with Gasteiger partial charge in [-0.1, -0.05) is 35.9 Å². The molecule has 0 atom stereocenters. The molecule has 0 amide bonds. The summed E-state index contributed by atoms with van der Waals surface area (Å²) in [6, 6.07) is 11.1. The number of nitrogens with one attached hydrogen (secondary N) is 1. The number of hydrogen-bond acceptors (Lipinski definition) is 3.